The summed E-state index contributed by atoms with van der Waals surface area (Å²) in [5.74, 6) is 0.175. The summed E-state index contributed by atoms with van der Waals surface area (Å²) in [6.45, 7) is 4.41. The summed E-state index contributed by atoms with van der Waals surface area (Å²) in [6.07, 6.45) is 0.840. The summed E-state index contributed by atoms with van der Waals surface area (Å²) in [7, 11) is 0. The number of esters is 1. The average Bonchev–Trinajstić information content (AvgIpc) is 3.16. The molecule has 1 aromatic heterocycles. The summed E-state index contributed by atoms with van der Waals surface area (Å²) in [6, 6.07) is 15.0. The molecular weight excluding hydrogens is 434 g/mol. The SMILES string of the molecule is CCOC(=O)c1c(-c2ccc(Cl)cc2)csc1NC(=O)CCCOc1ccccc1C. The Morgan fingerprint density at radius 3 is 2.55 bits per heavy atom. The lowest BCUT2D eigenvalue weighted by atomic mass is 10.0. The maximum Gasteiger partial charge on any atom is 0.341 e. The number of nitrogens with one attached hydrogen (secondary N) is 1. The fourth-order valence-corrected chi connectivity index (χ4v) is 4.12. The van der Waals surface area contributed by atoms with E-state index in [-0.39, 0.29) is 18.9 Å². The molecular formula is C24H24ClNO4S. The van der Waals surface area contributed by atoms with Gasteiger partial charge in [0.1, 0.15) is 16.3 Å². The molecule has 0 unspecified atom stereocenters. The van der Waals surface area contributed by atoms with Gasteiger partial charge < -0.3 is 14.8 Å². The third-order valence-corrected chi connectivity index (χ3v) is 5.73. The van der Waals surface area contributed by atoms with Gasteiger partial charge in [0.15, 0.2) is 0 Å². The molecule has 0 saturated heterocycles. The highest BCUT2D eigenvalue weighted by molar-refractivity contribution is 7.15. The Morgan fingerprint density at radius 1 is 1.10 bits per heavy atom. The van der Waals surface area contributed by atoms with E-state index in [4.69, 9.17) is 21.1 Å². The lowest BCUT2D eigenvalue weighted by Gasteiger charge is -2.10. The summed E-state index contributed by atoms with van der Waals surface area (Å²) in [4.78, 5) is 25.1. The lowest BCUT2D eigenvalue weighted by Crippen LogP contribution is -2.15. The van der Waals surface area contributed by atoms with Crippen LogP contribution in [-0.2, 0) is 9.53 Å². The minimum absolute atomic E-state index is 0.177. The van der Waals surface area contributed by atoms with Crippen molar-refractivity contribution in [3.63, 3.8) is 0 Å². The van der Waals surface area contributed by atoms with Gasteiger partial charge in [0.05, 0.1) is 13.2 Å². The Morgan fingerprint density at radius 2 is 1.84 bits per heavy atom. The van der Waals surface area contributed by atoms with Crippen LogP contribution in [0.3, 0.4) is 0 Å². The number of aryl methyl sites for hydroxylation is 1. The van der Waals surface area contributed by atoms with Crippen molar-refractivity contribution < 1.29 is 19.1 Å². The Hall–Kier alpha value is -2.83. The molecule has 3 rings (SSSR count). The third-order valence-electron chi connectivity index (χ3n) is 4.58. The molecule has 3 aromatic rings. The number of hydrogen-bond acceptors (Lipinski definition) is 5. The second kappa shape index (κ2) is 11.0. The van der Waals surface area contributed by atoms with Crippen LogP contribution in [-0.4, -0.2) is 25.1 Å². The summed E-state index contributed by atoms with van der Waals surface area (Å²) >= 11 is 7.28. The van der Waals surface area contributed by atoms with Crippen molar-refractivity contribution in [2.45, 2.75) is 26.7 Å². The normalized spacial score (nSPS) is 10.5. The average molecular weight is 458 g/mol. The maximum absolute atomic E-state index is 12.6. The summed E-state index contributed by atoms with van der Waals surface area (Å²) in [5, 5.41) is 5.79. The van der Waals surface area contributed by atoms with Gasteiger partial charge in [-0.05, 0) is 49.6 Å². The molecule has 1 N–H and O–H groups in total. The van der Waals surface area contributed by atoms with Gasteiger partial charge in [0.2, 0.25) is 5.91 Å². The second-order valence-electron chi connectivity index (χ2n) is 6.85. The highest BCUT2D eigenvalue weighted by Gasteiger charge is 2.22. The zero-order chi connectivity index (χ0) is 22.2. The topological polar surface area (TPSA) is 64.6 Å². The minimum Gasteiger partial charge on any atom is -0.493 e. The molecule has 7 heteroatoms. The van der Waals surface area contributed by atoms with Gasteiger partial charge in [0, 0.05) is 22.4 Å². The number of carbonyl (C=O) groups is 2. The van der Waals surface area contributed by atoms with E-state index in [0.717, 1.165) is 16.9 Å². The van der Waals surface area contributed by atoms with Crippen molar-refractivity contribution >= 4 is 39.8 Å². The van der Waals surface area contributed by atoms with Crippen molar-refractivity contribution in [2.24, 2.45) is 0 Å². The van der Waals surface area contributed by atoms with Crippen LogP contribution in [0.2, 0.25) is 5.02 Å². The van der Waals surface area contributed by atoms with Crippen LogP contribution in [0.4, 0.5) is 5.00 Å². The fourth-order valence-electron chi connectivity index (χ4n) is 3.02. The van der Waals surface area contributed by atoms with Crippen molar-refractivity contribution in [1.82, 2.24) is 0 Å². The van der Waals surface area contributed by atoms with E-state index in [0.29, 0.717) is 34.2 Å². The molecule has 0 aliphatic carbocycles. The van der Waals surface area contributed by atoms with E-state index in [9.17, 15) is 9.59 Å². The van der Waals surface area contributed by atoms with Gasteiger partial charge >= 0.3 is 5.97 Å². The van der Waals surface area contributed by atoms with E-state index in [1.165, 1.54) is 11.3 Å². The predicted molar refractivity (Wildman–Crippen MR) is 125 cm³/mol. The van der Waals surface area contributed by atoms with Gasteiger partial charge in [-0.2, -0.15) is 0 Å². The first-order valence-corrected chi connectivity index (χ1v) is 11.3. The number of ether oxygens (including phenoxy) is 2. The number of halogens is 1. The maximum atomic E-state index is 12.6. The highest BCUT2D eigenvalue weighted by Crippen LogP contribution is 2.36. The van der Waals surface area contributed by atoms with Crippen LogP contribution in [0.25, 0.3) is 11.1 Å². The molecule has 0 aliphatic heterocycles. The van der Waals surface area contributed by atoms with Crippen LogP contribution in [0.1, 0.15) is 35.7 Å². The van der Waals surface area contributed by atoms with Crippen LogP contribution in [0, 0.1) is 6.92 Å². The molecule has 0 fully saturated rings. The van der Waals surface area contributed by atoms with Crippen molar-refractivity contribution in [2.75, 3.05) is 18.5 Å². The summed E-state index contributed by atoms with van der Waals surface area (Å²) < 4.78 is 11.0. The third kappa shape index (κ3) is 6.09. The standard InChI is InChI=1S/C24H24ClNO4S/c1-3-29-24(28)22-19(17-10-12-18(25)13-11-17)15-31-23(22)26-21(27)9-6-14-30-20-8-5-4-7-16(20)2/h4-5,7-8,10-13,15H,3,6,9,14H2,1-2H3,(H,26,27). The number of carbonyl (C=O) groups excluding carboxylic acids is 2. The van der Waals surface area contributed by atoms with Crippen molar-refractivity contribution in [3.8, 4) is 16.9 Å². The first-order valence-electron chi connectivity index (χ1n) is 10.0. The van der Waals surface area contributed by atoms with E-state index >= 15 is 0 Å². The first-order chi connectivity index (χ1) is 15.0. The van der Waals surface area contributed by atoms with Gasteiger partial charge in [-0.25, -0.2) is 4.79 Å². The Kier molecular flexibility index (Phi) is 8.09. The van der Waals surface area contributed by atoms with Crippen LogP contribution in [0.5, 0.6) is 5.75 Å². The minimum atomic E-state index is -0.466. The Labute approximate surface area is 191 Å². The number of amides is 1. The molecule has 0 atom stereocenters. The molecule has 31 heavy (non-hydrogen) atoms. The smallest absolute Gasteiger partial charge is 0.341 e. The van der Waals surface area contributed by atoms with Gasteiger partial charge in [-0.1, -0.05) is 41.9 Å². The molecule has 0 spiro atoms. The molecule has 162 valence electrons. The molecule has 0 bridgehead atoms. The summed E-state index contributed by atoms with van der Waals surface area (Å²) in [5.41, 5.74) is 2.95. The largest absolute Gasteiger partial charge is 0.493 e. The molecule has 5 nitrogen and oxygen atoms in total. The quantitative estimate of drug-likeness (QED) is 0.300. The number of hydrogen-bond donors (Lipinski definition) is 1. The first kappa shape index (κ1) is 22.8. The van der Waals surface area contributed by atoms with Crippen LogP contribution >= 0.6 is 22.9 Å². The zero-order valence-corrected chi connectivity index (χ0v) is 19.0. The van der Waals surface area contributed by atoms with Gasteiger partial charge in [-0.3, -0.25) is 4.79 Å². The second-order valence-corrected chi connectivity index (χ2v) is 8.16. The molecule has 1 heterocycles. The molecule has 0 saturated carbocycles. The Balaban J connectivity index is 1.66. The number of benzene rings is 2. The number of rotatable bonds is 9. The molecule has 2 aromatic carbocycles. The number of anilines is 1. The van der Waals surface area contributed by atoms with Crippen molar-refractivity contribution in [1.29, 1.82) is 0 Å². The molecule has 0 aliphatic rings. The van der Waals surface area contributed by atoms with Crippen molar-refractivity contribution in [3.05, 3.63) is 70.1 Å². The van der Waals surface area contributed by atoms with E-state index in [2.05, 4.69) is 5.32 Å². The number of para-hydroxylation sites is 1. The van der Waals surface area contributed by atoms with E-state index in [1.807, 2.05) is 48.7 Å². The predicted octanol–water partition coefficient (Wildman–Crippen LogP) is 6.35. The van der Waals surface area contributed by atoms with E-state index in [1.54, 1.807) is 19.1 Å². The van der Waals surface area contributed by atoms with Crippen LogP contribution < -0.4 is 10.1 Å². The van der Waals surface area contributed by atoms with Gasteiger partial charge in [0.25, 0.3) is 0 Å². The zero-order valence-electron chi connectivity index (χ0n) is 17.4. The fraction of sp³-hybridized carbons (Fsp3) is 0.250. The highest BCUT2D eigenvalue weighted by atomic mass is 35.5. The van der Waals surface area contributed by atoms with Gasteiger partial charge in [-0.15, -0.1) is 11.3 Å². The molecule has 0 radical (unpaired) electrons. The Bertz CT molecular complexity index is 1050. The number of thiophene rings is 1. The monoisotopic (exact) mass is 457 g/mol. The van der Waals surface area contributed by atoms with Crippen LogP contribution in [0.15, 0.2) is 53.9 Å². The lowest BCUT2D eigenvalue weighted by molar-refractivity contribution is -0.116. The van der Waals surface area contributed by atoms with E-state index < -0.39 is 5.97 Å². The molecule has 1 amide bonds.